The Kier molecular flexibility index (Phi) is 5.06. The number of nitrogens with zero attached hydrogens (tertiary/aromatic N) is 1. The highest BCUT2D eigenvalue weighted by molar-refractivity contribution is 6.31. The molecule has 1 N–H and O–H groups in total. The van der Waals surface area contributed by atoms with Gasteiger partial charge in [0, 0.05) is 17.6 Å². The lowest BCUT2D eigenvalue weighted by Gasteiger charge is -2.23. The van der Waals surface area contributed by atoms with Crippen LogP contribution in [0.15, 0.2) is 18.2 Å². The Balaban J connectivity index is 2.04. The fourth-order valence-electron chi connectivity index (χ4n) is 2.28. The number of carboxylic acids is 1. The topological polar surface area (TPSA) is 40.5 Å². The molecule has 0 saturated heterocycles. The quantitative estimate of drug-likeness (QED) is 0.825. The molecule has 110 valence electrons. The first-order valence-corrected chi connectivity index (χ1v) is 7.61. The van der Waals surface area contributed by atoms with Crippen LogP contribution in [0.4, 0.5) is 0 Å². The van der Waals surface area contributed by atoms with Gasteiger partial charge in [-0.25, -0.2) is 4.79 Å². The Morgan fingerprint density at radius 1 is 1.45 bits per heavy atom. The molecule has 2 rings (SSSR count). The van der Waals surface area contributed by atoms with Crippen molar-refractivity contribution in [3.05, 3.63) is 34.3 Å². The predicted molar refractivity (Wildman–Crippen MR) is 81.3 cm³/mol. The molecule has 0 amide bonds. The maximum Gasteiger partial charge on any atom is 0.335 e. The number of carboxylic acid groups (broad SMARTS) is 1. The lowest BCUT2D eigenvalue weighted by molar-refractivity contribution is 0.0697. The minimum Gasteiger partial charge on any atom is -0.478 e. The number of aromatic carboxylic acids is 1. The summed E-state index contributed by atoms with van der Waals surface area (Å²) in [4.78, 5) is 13.4. The van der Waals surface area contributed by atoms with Gasteiger partial charge < -0.3 is 5.11 Å². The summed E-state index contributed by atoms with van der Waals surface area (Å²) in [6.07, 6.45) is 3.72. The third kappa shape index (κ3) is 4.22. The van der Waals surface area contributed by atoms with Crippen LogP contribution in [0.5, 0.6) is 0 Å². The van der Waals surface area contributed by atoms with E-state index >= 15 is 0 Å². The average Bonchev–Trinajstić information content (AvgIpc) is 3.19. The van der Waals surface area contributed by atoms with Gasteiger partial charge in [0.25, 0.3) is 0 Å². The second-order valence-electron chi connectivity index (χ2n) is 6.00. The maximum atomic E-state index is 10.9. The largest absolute Gasteiger partial charge is 0.478 e. The third-order valence-corrected chi connectivity index (χ3v) is 4.08. The Morgan fingerprint density at radius 2 is 2.15 bits per heavy atom. The van der Waals surface area contributed by atoms with Gasteiger partial charge in [-0.2, -0.15) is 0 Å². The van der Waals surface area contributed by atoms with E-state index in [1.54, 1.807) is 12.1 Å². The van der Waals surface area contributed by atoms with E-state index < -0.39 is 5.97 Å². The first-order valence-electron chi connectivity index (χ1n) is 7.23. The lowest BCUT2D eigenvalue weighted by atomic mass is 10.1. The second kappa shape index (κ2) is 6.59. The van der Waals surface area contributed by atoms with E-state index in [2.05, 4.69) is 18.7 Å². The number of rotatable bonds is 7. The van der Waals surface area contributed by atoms with Crippen molar-refractivity contribution in [3.8, 4) is 0 Å². The van der Waals surface area contributed by atoms with Crippen molar-refractivity contribution in [1.82, 2.24) is 4.90 Å². The van der Waals surface area contributed by atoms with Gasteiger partial charge >= 0.3 is 5.97 Å². The molecule has 0 bridgehead atoms. The van der Waals surface area contributed by atoms with Crippen LogP contribution in [0.1, 0.15) is 49.0 Å². The molecule has 1 aromatic carbocycles. The minimum absolute atomic E-state index is 0.249. The molecule has 0 atom stereocenters. The number of carbonyl (C=O) groups is 1. The monoisotopic (exact) mass is 295 g/mol. The molecule has 0 spiro atoms. The zero-order chi connectivity index (χ0) is 14.7. The van der Waals surface area contributed by atoms with Crippen LogP contribution < -0.4 is 0 Å². The highest BCUT2D eigenvalue weighted by Crippen LogP contribution is 2.30. The molecule has 1 aliphatic rings. The average molecular weight is 296 g/mol. The first kappa shape index (κ1) is 15.3. The summed E-state index contributed by atoms with van der Waals surface area (Å²) in [5, 5.41) is 9.51. The number of benzene rings is 1. The summed E-state index contributed by atoms with van der Waals surface area (Å²) < 4.78 is 0. The van der Waals surface area contributed by atoms with Crippen molar-refractivity contribution >= 4 is 17.6 Å². The summed E-state index contributed by atoms with van der Waals surface area (Å²) >= 11 is 6.22. The van der Waals surface area contributed by atoms with E-state index in [-0.39, 0.29) is 5.56 Å². The molecule has 3 nitrogen and oxygen atoms in total. The fraction of sp³-hybridized carbons (Fsp3) is 0.562. The Morgan fingerprint density at radius 3 is 2.65 bits per heavy atom. The Labute approximate surface area is 125 Å². The summed E-state index contributed by atoms with van der Waals surface area (Å²) in [6, 6.07) is 5.71. The summed E-state index contributed by atoms with van der Waals surface area (Å²) in [5.74, 6) is -0.238. The SMILES string of the molecule is CC(C)CCN(Cc1ccc(C(=O)O)cc1Cl)C1CC1. The molecule has 0 unspecified atom stereocenters. The Bertz CT molecular complexity index is 483. The van der Waals surface area contributed by atoms with Crippen LogP contribution in [0, 0.1) is 5.92 Å². The first-order chi connectivity index (χ1) is 9.47. The maximum absolute atomic E-state index is 10.9. The smallest absolute Gasteiger partial charge is 0.335 e. The number of halogens is 1. The standard InChI is InChI=1S/C16H22ClNO2/c1-11(2)7-8-18(14-5-6-14)10-13-4-3-12(16(19)20)9-15(13)17/h3-4,9,11,14H,5-8,10H2,1-2H3,(H,19,20). The van der Waals surface area contributed by atoms with Gasteiger partial charge in [-0.15, -0.1) is 0 Å². The van der Waals surface area contributed by atoms with E-state index in [9.17, 15) is 4.79 Å². The van der Waals surface area contributed by atoms with Crippen molar-refractivity contribution in [1.29, 1.82) is 0 Å². The van der Waals surface area contributed by atoms with Crippen molar-refractivity contribution in [2.24, 2.45) is 5.92 Å². The molecular weight excluding hydrogens is 274 g/mol. The van der Waals surface area contributed by atoms with E-state index in [4.69, 9.17) is 16.7 Å². The molecule has 0 aliphatic heterocycles. The van der Waals surface area contributed by atoms with Gasteiger partial charge in [0.1, 0.15) is 0 Å². The highest BCUT2D eigenvalue weighted by Gasteiger charge is 2.29. The molecular formula is C16H22ClNO2. The molecule has 1 saturated carbocycles. The summed E-state index contributed by atoms with van der Waals surface area (Å²) in [6.45, 7) is 6.37. The van der Waals surface area contributed by atoms with E-state index in [1.807, 2.05) is 6.07 Å². The zero-order valence-corrected chi connectivity index (χ0v) is 12.9. The zero-order valence-electron chi connectivity index (χ0n) is 12.1. The van der Waals surface area contributed by atoms with Crippen LogP contribution in [0.3, 0.4) is 0 Å². The van der Waals surface area contributed by atoms with Gasteiger partial charge in [-0.05, 0) is 49.4 Å². The van der Waals surface area contributed by atoms with Crippen LogP contribution in [-0.2, 0) is 6.54 Å². The van der Waals surface area contributed by atoms with Crippen molar-refractivity contribution in [2.75, 3.05) is 6.54 Å². The van der Waals surface area contributed by atoms with Crippen LogP contribution in [0.25, 0.3) is 0 Å². The molecule has 1 aromatic rings. The molecule has 1 aliphatic carbocycles. The summed E-state index contributed by atoms with van der Waals surface area (Å²) in [7, 11) is 0. The lowest BCUT2D eigenvalue weighted by Crippen LogP contribution is -2.27. The van der Waals surface area contributed by atoms with Gasteiger partial charge in [0.2, 0.25) is 0 Å². The van der Waals surface area contributed by atoms with Gasteiger partial charge in [0.05, 0.1) is 5.56 Å². The van der Waals surface area contributed by atoms with Crippen LogP contribution >= 0.6 is 11.6 Å². The van der Waals surface area contributed by atoms with E-state index in [0.717, 1.165) is 18.7 Å². The summed E-state index contributed by atoms with van der Waals surface area (Å²) in [5.41, 5.74) is 1.27. The second-order valence-corrected chi connectivity index (χ2v) is 6.40. The van der Waals surface area contributed by atoms with Crippen LogP contribution in [0.2, 0.25) is 5.02 Å². The third-order valence-electron chi connectivity index (χ3n) is 3.73. The van der Waals surface area contributed by atoms with Crippen molar-refractivity contribution in [2.45, 2.75) is 45.7 Å². The fourth-order valence-corrected chi connectivity index (χ4v) is 2.52. The van der Waals surface area contributed by atoms with E-state index in [0.29, 0.717) is 17.0 Å². The molecule has 20 heavy (non-hydrogen) atoms. The predicted octanol–water partition coefficient (Wildman–Crippen LogP) is 4.05. The highest BCUT2D eigenvalue weighted by atomic mass is 35.5. The molecule has 0 radical (unpaired) electrons. The van der Waals surface area contributed by atoms with Crippen molar-refractivity contribution < 1.29 is 9.90 Å². The van der Waals surface area contributed by atoms with Crippen LogP contribution in [-0.4, -0.2) is 28.6 Å². The number of hydrogen-bond donors (Lipinski definition) is 1. The van der Waals surface area contributed by atoms with Gasteiger partial charge in [-0.3, -0.25) is 4.90 Å². The minimum atomic E-state index is -0.933. The van der Waals surface area contributed by atoms with E-state index in [1.165, 1.54) is 19.3 Å². The van der Waals surface area contributed by atoms with Gasteiger partial charge in [0.15, 0.2) is 0 Å². The molecule has 0 heterocycles. The molecule has 1 fully saturated rings. The van der Waals surface area contributed by atoms with Gasteiger partial charge in [-0.1, -0.05) is 31.5 Å². The number of hydrogen-bond acceptors (Lipinski definition) is 2. The normalized spacial score (nSPS) is 15.1. The molecule has 0 aromatic heterocycles. The molecule has 4 heteroatoms. The Hall–Kier alpha value is -1.06. The van der Waals surface area contributed by atoms with Crippen molar-refractivity contribution in [3.63, 3.8) is 0 Å².